The van der Waals surface area contributed by atoms with Crippen molar-refractivity contribution in [2.75, 3.05) is 19.7 Å². The van der Waals surface area contributed by atoms with E-state index in [1.165, 1.54) is 0 Å². The van der Waals surface area contributed by atoms with Crippen molar-refractivity contribution in [1.82, 2.24) is 10.2 Å². The van der Waals surface area contributed by atoms with Crippen LogP contribution in [0.2, 0.25) is 0 Å². The zero-order valence-electron chi connectivity index (χ0n) is 12.2. The largest absolute Gasteiger partial charge is 0.395 e. The number of hydrogen-bond donors (Lipinski definition) is 2. The molecule has 1 amide bonds. The average molecular weight is 276 g/mol. The second-order valence-corrected chi connectivity index (χ2v) is 5.80. The minimum absolute atomic E-state index is 0.0972. The molecule has 20 heavy (non-hydrogen) atoms. The molecule has 4 heteroatoms. The predicted octanol–water partition coefficient (Wildman–Crippen LogP) is 1.51. The standard InChI is InChI=1S/C16H24N2O2/c1-12(2)15(11-19)17-14-8-9-18(10-14)16(20)13-6-4-3-5-7-13/h3-7,12,14-15,17,19H,8-11H2,1-2H3/t14-,15-/m1/s1. The molecule has 2 atom stereocenters. The zero-order valence-corrected chi connectivity index (χ0v) is 12.2. The summed E-state index contributed by atoms with van der Waals surface area (Å²) in [7, 11) is 0. The molecule has 4 nitrogen and oxygen atoms in total. The van der Waals surface area contributed by atoms with E-state index < -0.39 is 0 Å². The van der Waals surface area contributed by atoms with E-state index in [2.05, 4.69) is 19.2 Å². The van der Waals surface area contributed by atoms with Gasteiger partial charge in [-0.15, -0.1) is 0 Å². The van der Waals surface area contributed by atoms with E-state index in [0.717, 1.165) is 25.1 Å². The summed E-state index contributed by atoms with van der Waals surface area (Å²) in [5, 5.41) is 12.8. The number of likely N-dealkylation sites (tertiary alicyclic amines) is 1. The van der Waals surface area contributed by atoms with Gasteiger partial charge in [-0.05, 0) is 24.5 Å². The summed E-state index contributed by atoms with van der Waals surface area (Å²) in [5.41, 5.74) is 0.746. The van der Waals surface area contributed by atoms with E-state index >= 15 is 0 Å². The van der Waals surface area contributed by atoms with E-state index in [1.54, 1.807) is 0 Å². The number of benzene rings is 1. The molecule has 0 aliphatic carbocycles. The maximum Gasteiger partial charge on any atom is 0.253 e. The topological polar surface area (TPSA) is 52.6 Å². The smallest absolute Gasteiger partial charge is 0.253 e. The molecule has 0 bridgehead atoms. The lowest BCUT2D eigenvalue weighted by Crippen LogP contribution is -2.45. The summed E-state index contributed by atoms with van der Waals surface area (Å²) in [6.07, 6.45) is 0.946. The summed E-state index contributed by atoms with van der Waals surface area (Å²) in [4.78, 5) is 14.2. The number of aliphatic hydroxyl groups is 1. The molecule has 2 N–H and O–H groups in total. The lowest BCUT2D eigenvalue weighted by molar-refractivity contribution is 0.0787. The molecule has 110 valence electrons. The fourth-order valence-electron chi connectivity index (χ4n) is 2.60. The van der Waals surface area contributed by atoms with E-state index in [1.807, 2.05) is 35.2 Å². The Bertz CT molecular complexity index is 433. The third kappa shape index (κ3) is 3.58. The van der Waals surface area contributed by atoms with Gasteiger partial charge in [0.15, 0.2) is 0 Å². The molecule has 1 heterocycles. The van der Waals surface area contributed by atoms with Gasteiger partial charge >= 0.3 is 0 Å². The number of hydrogen-bond acceptors (Lipinski definition) is 3. The fraction of sp³-hybridized carbons (Fsp3) is 0.562. The number of nitrogens with zero attached hydrogens (tertiary/aromatic N) is 1. The van der Waals surface area contributed by atoms with Gasteiger partial charge in [-0.1, -0.05) is 32.0 Å². The summed E-state index contributed by atoms with van der Waals surface area (Å²) in [5.74, 6) is 0.485. The molecule has 0 unspecified atom stereocenters. The van der Waals surface area contributed by atoms with Crippen LogP contribution in [0.4, 0.5) is 0 Å². The van der Waals surface area contributed by atoms with Gasteiger partial charge in [0.1, 0.15) is 0 Å². The van der Waals surface area contributed by atoms with E-state index in [0.29, 0.717) is 5.92 Å². The molecular formula is C16H24N2O2. The summed E-state index contributed by atoms with van der Waals surface area (Å²) < 4.78 is 0. The number of carbonyl (C=O) groups excluding carboxylic acids is 1. The van der Waals surface area contributed by atoms with Gasteiger partial charge in [-0.25, -0.2) is 0 Å². The third-order valence-corrected chi connectivity index (χ3v) is 3.95. The molecule has 1 aromatic carbocycles. The Labute approximate surface area is 120 Å². The van der Waals surface area contributed by atoms with Crippen LogP contribution in [-0.4, -0.2) is 47.7 Å². The highest BCUT2D eigenvalue weighted by Crippen LogP contribution is 2.15. The van der Waals surface area contributed by atoms with Crippen LogP contribution in [0.1, 0.15) is 30.6 Å². The Hall–Kier alpha value is -1.39. The highest BCUT2D eigenvalue weighted by molar-refractivity contribution is 5.94. The molecular weight excluding hydrogens is 252 g/mol. The van der Waals surface area contributed by atoms with Gasteiger partial charge in [-0.3, -0.25) is 4.79 Å². The Morgan fingerprint density at radius 2 is 2.10 bits per heavy atom. The number of carbonyl (C=O) groups is 1. The first-order valence-electron chi connectivity index (χ1n) is 7.33. The highest BCUT2D eigenvalue weighted by atomic mass is 16.3. The van der Waals surface area contributed by atoms with Crippen LogP contribution < -0.4 is 5.32 Å². The van der Waals surface area contributed by atoms with Crippen molar-refractivity contribution in [3.8, 4) is 0 Å². The molecule has 0 radical (unpaired) electrons. The monoisotopic (exact) mass is 276 g/mol. The van der Waals surface area contributed by atoms with Crippen LogP contribution in [-0.2, 0) is 0 Å². The summed E-state index contributed by atoms with van der Waals surface area (Å²) in [6.45, 7) is 5.82. The Kier molecular flexibility index (Phi) is 5.15. The first-order valence-corrected chi connectivity index (χ1v) is 7.33. The normalized spacial score (nSPS) is 20.4. The van der Waals surface area contributed by atoms with Crippen molar-refractivity contribution < 1.29 is 9.90 Å². The third-order valence-electron chi connectivity index (χ3n) is 3.95. The van der Waals surface area contributed by atoms with Crippen molar-refractivity contribution in [1.29, 1.82) is 0 Å². The van der Waals surface area contributed by atoms with Crippen LogP contribution in [0.5, 0.6) is 0 Å². The maximum absolute atomic E-state index is 12.3. The molecule has 0 aromatic heterocycles. The zero-order chi connectivity index (χ0) is 14.5. The lowest BCUT2D eigenvalue weighted by atomic mass is 10.0. The summed E-state index contributed by atoms with van der Waals surface area (Å²) >= 11 is 0. The predicted molar refractivity (Wildman–Crippen MR) is 79.6 cm³/mol. The molecule has 1 aliphatic heterocycles. The van der Waals surface area contributed by atoms with E-state index in [9.17, 15) is 9.90 Å². The van der Waals surface area contributed by atoms with Gasteiger partial charge < -0.3 is 15.3 Å². The van der Waals surface area contributed by atoms with Crippen LogP contribution in [0.15, 0.2) is 30.3 Å². The van der Waals surface area contributed by atoms with E-state index in [-0.39, 0.29) is 24.6 Å². The number of amides is 1. The Morgan fingerprint density at radius 3 is 2.70 bits per heavy atom. The molecule has 0 saturated carbocycles. The Morgan fingerprint density at radius 1 is 1.40 bits per heavy atom. The lowest BCUT2D eigenvalue weighted by Gasteiger charge is -2.24. The summed E-state index contributed by atoms with van der Waals surface area (Å²) in [6, 6.07) is 9.79. The fourth-order valence-corrected chi connectivity index (χ4v) is 2.60. The molecule has 0 spiro atoms. The van der Waals surface area contributed by atoms with Gasteiger partial charge in [0, 0.05) is 30.7 Å². The van der Waals surface area contributed by atoms with Crippen LogP contribution >= 0.6 is 0 Å². The van der Waals surface area contributed by atoms with Crippen LogP contribution in [0.25, 0.3) is 0 Å². The second-order valence-electron chi connectivity index (χ2n) is 5.80. The van der Waals surface area contributed by atoms with E-state index in [4.69, 9.17) is 0 Å². The molecule has 1 saturated heterocycles. The van der Waals surface area contributed by atoms with Crippen molar-refractivity contribution >= 4 is 5.91 Å². The highest BCUT2D eigenvalue weighted by Gasteiger charge is 2.28. The van der Waals surface area contributed by atoms with Crippen molar-refractivity contribution in [3.63, 3.8) is 0 Å². The number of rotatable bonds is 5. The number of aliphatic hydroxyl groups excluding tert-OH is 1. The average Bonchev–Trinajstić information content (AvgIpc) is 2.93. The van der Waals surface area contributed by atoms with Gasteiger partial charge in [0.2, 0.25) is 0 Å². The van der Waals surface area contributed by atoms with Gasteiger partial charge in [-0.2, -0.15) is 0 Å². The molecule has 1 fully saturated rings. The second kappa shape index (κ2) is 6.86. The minimum Gasteiger partial charge on any atom is -0.395 e. The first-order chi connectivity index (χ1) is 9.61. The van der Waals surface area contributed by atoms with Gasteiger partial charge in [0.25, 0.3) is 5.91 Å². The van der Waals surface area contributed by atoms with Crippen LogP contribution in [0, 0.1) is 5.92 Å². The quantitative estimate of drug-likeness (QED) is 0.857. The molecule has 2 rings (SSSR count). The minimum atomic E-state index is 0.0972. The van der Waals surface area contributed by atoms with Crippen molar-refractivity contribution in [3.05, 3.63) is 35.9 Å². The van der Waals surface area contributed by atoms with Crippen LogP contribution in [0.3, 0.4) is 0 Å². The number of nitrogens with one attached hydrogen (secondary N) is 1. The molecule has 1 aromatic rings. The molecule has 1 aliphatic rings. The van der Waals surface area contributed by atoms with Crippen molar-refractivity contribution in [2.24, 2.45) is 5.92 Å². The Balaban J connectivity index is 1.91. The van der Waals surface area contributed by atoms with Gasteiger partial charge in [0.05, 0.1) is 6.61 Å². The maximum atomic E-state index is 12.3. The van der Waals surface area contributed by atoms with Crippen molar-refractivity contribution in [2.45, 2.75) is 32.4 Å². The SMILES string of the molecule is CC(C)[C@@H](CO)N[C@@H]1CCN(C(=O)c2ccccc2)C1. The first kappa shape index (κ1) is 15.0.